The zero-order valence-corrected chi connectivity index (χ0v) is 16.8. The van der Waals surface area contributed by atoms with Gasteiger partial charge in [0, 0.05) is 0 Å². The van der Waals surface area contributed by atoms with Crippen molar-refractivity contribution in [1.82, 2.24) is 0 Å². The second-order valence-corrected chi connectivity index (χ2v) is 7.89. The average Bonchev–Trinajstić information content (AvgIpc) is 2.52. The molecule has 0 aliphatic heterocycles. The number of rotatable bonds is 12. The molecule has 1 aromatic carbocycles. The molecule has 0 amide bonds. The molecule has 0 bridgehead atoms. The summed E-state index contributed by atoms with van der Waals surface area (Å²) in [4.78, 5) is -0.417. The summed E-state index contributed by atoms with van der Waals surface area (Å²) in [5, 5.41) is 0. The van der Waals surface area contributed by atoms with E-state index < -0.39 is 4.84 Å². The fourth-order valence-corrected chi connectivity index (χ4v) is 3.68. The van der Waals surface area contributed by atoms with Gasteiger partial charge in [-0.3, -0.25) is 0 Å². The Morgan fingerprint density at radius 2 is 1.26 bits per heavy atom. The first-order chi connectivity index (χ1) is 11.1. The van der Waals surface area contributed by atoms with E-state index in [4.69, 9.17) is 23.2 Å². The molecule has 0 heterocycles. The highest BCUT2D eigenvalue weighted by Gasteiger charge is 2.11. The summed E-state index contributed by atoms with van der Waals surface area (Å²) >= 11 is 12.0. The van der Waals surface area contributed by atoms with Crippen molar-refractivity contribution in [2.24, 2.45) is 0 Å². The largest absolute Gasteiger partial charge is 0.133 e. The minimum atomic E-state index is -0.417. The Bertz CT molecular complexity index is 438. The molecule has 1 aromatic rings. The molecule has 0 saturated heterocycles. The molecule has 0 atom stereocenters. The Labute approximate surface area is 154 Å². The monoisotopic (exact) mass is 356 g/mol. The summed E-state index contributed by atoms with van der Waals surface area (Å²) in [6.45, 7) is 6.60. The number of benzene rings is 1. The van der Waals surface area contributed by atoms with Crippen LogP contribution in [0.25, 0.3) is 0 Å². The quantitative estimate of drug-likeness (QED) is 0.261. The zero-order chi connectivity index (χ0) is 17.1. The molecule has 23 heavy (non-hydrogen) atoms. The van der Waals surface area contributed by atoms with E-state index in [0.29, 0.717) is 0 Å². The fourth-order valence-electron chi connectivity index (χ4n) is 3.21. The fraction of sp³-hybridized carbons (Fsp3) is 0.714. The van der Waals surface area contributed by atoms with Crippen LogP contribution in [0.4, 0.5) is 0 Å². The maximum Gasteiger partial charge on any atom is 0.133 e. The van der Waals surface area contributed by atoms with E-state index in [2.05, 4.69) is 32.9 Å². The van der Waals surface area contributed by atoms with Crippen molar-refractivity contribution in [1.29, 1.82) is 0 Å². The molecule has 0 fully saturated rings. The predicted molar refractivity (Wildman–Crippen MR) is 106 cm³/mol. The highest BCUT2D eigenvalue weighted by atomic mass is 35.5. The lowest BCUT2D eigenvalue weighted by Crippen LogP contribution is -1.98. The number of aryl methyl sites for hydroxylation is 1. The van der Waals surface area contributed by atoms with Crippen molar-refractivity contribution in [2.75, 3.05) is 0 Å². The minimum Gasteiger partial charge on any atom is -0.100 e. The van der Waals surface area contributed by atoms with Crippen LogP contribution in [0.3, 0.4) is 0 Å². The van der Waals surface area contributed by atoms with Gasteiger partial charge in [0.15, 0.2) is 0 Å². The van der Waals surface area contributed by atoms with Gasteiger partial charge in [-0.25, -0.2) is 0 Å². The van der Waals surface area contributed by atoms with E-state index in [1.165, 1.54) is 87.3 Å². The zero-order valence-electron chi connectivity index (χ0n) is 15.3. The standard InChI is InChI=1S/C21H34Cl2/c1-4-5-6-7-8-9-10-11-12-13-14-19-15-16-20(21(22)23)18(3)17(19)2/h15-16,21H,4-14H2,1-3H3. The molecular weight excluding hydrogens is 323 g/mol. The lowest BCUT2D eigenvalue weighted by molar-refractivity contribution is 0.556. The number of alkyl halides is 2. The van der Waals surface area contributed by atoms with Crippen LogP contribution in [0.1, 0.15) is 98.2 Å². The van der Waals surface area contributed by atoms with Crippen LogP contribution < -0.4 is 0 Å². The van der Waals surface area contributed by atoms with Gasteiger partial charge in [-0.15, -0.1) is 23.2 Å². The molecule has 0 saturated carbocycles. The van der Waals surface area contributed by atoms with Gasteiger partial charge < -0.3 is 0 Å². The summed E-state index contributed by atoms with van der Waals surface area (Å²) in [5.74, 6) is 0. The Morgan fingerprint density at radius 1 is 0.739 bits per heavy atom. The lowest BCUT2D eigenvalue weighted by Gasteiger charge is -2.14. The molecule has 0 nitrogen and oxygen atoms in total. The van der Waals surface area contributed by atoms with Crippen molar-refractivity contribution in [3.05, 3.63) is 34.4 Å². The molecule has 0 N–H and O–H groups in total. The predicted octanol–water partition coefficient (Wildman–Crippen LogP) is 8.24. The molecule has 0 aliphatic rings. The van der Waals surface area contributed by atoms with E-state index in [1.54, 1.807) is 0 Å². The summed E-state index contributed by atoms with van der Waals surface area (Å²) in [6, 6.07) is 4.31. The molecule has 132 valence electrons. The molecule has 0 aromatic heterocycles. The van der Waals surface area contributed by atoms with Crippen LogP contribution in [0, 0.1) is 13.8 Å². The molecule has 1 rings (SSSR count). The second kappa shape index (κ2) is 12.2. The Hall–Kier alpha value is -0.200. The van der Waals surface area contributed by atoms with Crippen LogP contribution in [-0.2, 0) is 6.42 Å². The molecule has 2 heteroatoms. The SMILES string of the molecule is CCCCCCCCCCCCc1ccc(C(Cl)Cl)c(C)c1C. The third kappa shape index (κ3) is 7.94. The number of hydrogen-bond acceptors (Lipinski definition) is 0. The average molecular weight is 357 g/mol. The van der Waals surface area contributed by atoms with Gasteiger partial charge in [0.05, 0.1) is 0 Å². The third-order valence-corrected chi connectivity index (χ3v) is 5.45. The van der Waals surface area contributed by atoms with Gasteiger partial charge in [-0.2, -0.15) is 0 Å². The van der Waals surface area contributed by atoms with E-state index in [-0.39, 0.29) is 0 Å². The van der Waals surface area contributed by atoms with E-state index in [9.17, 15) is 0 Å². The van der Waals surface area contributed by atoms with Gasteiger partial charge >= 0.3 is 0 Å². The van der Waals surface area contributed by atoms with Gasteiger partial charge in [0.2, 0.25) is 0 Å². The molecule has 0 radical (unpaired) electrons. The van der Waals surface area contributed by atoms with Crippen molar-refractivity contribution in [3.8, 4) is 0 Å². The third-order valence-electron chi connectivity index (χ3n) is 4.98. The second-order valence-electron chi connectivity index (χ2n) is 6.80. The first-order valence-electron chi connectivity index (χ1n) is 9.45. The first-order valence-corrected chi connectivity index (χ1v) is 10.3. The maximum atomic E-state index is 6.01. The van der Waals surface area contributed by atoms with Crippen molar-refractivity contribution in [2.45, 2.75) is 96.2 Å². The van der Waals surface area contributed by atoms with Gasteiger partial charge in [0.25, 0.3) is 0 Å². The smallest absolute Gasteiger partial charge is 0.100 e. The molecule has 0 unspecified atom stereocenters. The number of hydrogen-bond donors (Lipinski definition) is 0. The Kier molecular flexibility index (Phi) is 11.1. The first kappa shape index (κ1) is 20.8. The summed E-state index contributed by atoms with van der Waals surface area (Å²) in [5.41, 5.74) is 5.13. The van der Waals surface area contributed by atoms with Crippen molar-refractivity contribution < 1.29 is 0 Å². The van der Waals surface area contributed by atoms with Crippen molar-refractivity contribution >= 4 is 23.2 Å². The van der Waals surface area contributed by atoms with Crippen LogP contribution in [0.5, 0.6) is 0 Å². The molecule has 0 aliphatic carbocycles. The van der Waals surface area contributed by atoms with Gasteiger partial charge in [-0.05, 0) is 48.9 Å². The molecule has 0 spiro atoms. The normalized spacial score (nSPS) is 11.4. The van der Waals surface area contributed by atoms with Gasteiger partial charge in [0.1, 0.15) is 4.84 Å². The van der Waals surface area contributed by atoms with Crippen molar-refractivity contribution in [3.63, 3.8) is 0 Å². The highest BCUT2D eigenvalue weighted by Crippen LogP contribution is 2.30. The molecular formula is C21H34Cl2. The lowest BCUT2D eigenvalue weighted by atomic mass is 9.95. The summed E-state index contributed by atoms with van der Waals surface area (Å²) in [6.07, 6.45) is 15.1. The number of unbranched alkanes of at least 4 members (excludes halogenated alkanes) is 9. The van der Waals surface area contributed by atoms with Crippen LogP contribution in [0.15, 0.2) is 12.1 Å². The summed E-state index contributed by atoms with van der Waals surface area (Å²) in [7, 11) is 0. The minimum absolute atomic E-state index is 0.417. The maximum absolute atomic E-state index is 6.01. The topological polar surface area (TPSA) is 0 Å². The highest BCUT2D eigenvalue weighted by molar-refractivity contribution is 6.44. The Morgan fingerprint density at radius 3 is 1.78 bits per heavy atom. The van der Waals surface area contributed by atoms with Crippen LogP contribution >= 0.6 is 23.2 Å². The van der Waals surface area contributed by atoms with Crippen LogP contribution in [0.2, 0.25) is 0 Å². The van der Waals surface area contributed by atoms with E-state index in [0.717, 1.165) is 5.56 Å². The summed E-state index contributed by atoms with van der Waals surface area (Å²) < 4.78 is 0. The van der Waals surface area contributed by atoms with Gasteiger partial charge in [-0.1, -0.05) is 76.8 Å². The van der Waals surface area contributed by atoms with E-state index in [1.807, 2.05) is 0 Å². The Balaban J connectivity index is 2.18. The van der Waals surface area contributed by atoms with Crippen LogP contribution in [-0.4, -0.2) is 0 Å². The van der Waals surface area contributed by atoms with E-state index >= 15 is 0 Å². The number of halogens is 2.